The van der Waals surface area contributed by atoms with Crippen LogP contribution in [-0.2, 0) is 4.79 Å². The van der Waals surface area contributed by atoms with Crippen LogP contribution >= 0.6 is 23.6 Å². The first-order valence-electron chi connectivity index (χ1n) is 7.43. The predicted octanol–water partition coefficient (Wildman–Crippen LogP) is 3.96. The molecular weight excluding hydrogens is 349 g/mol. The number of thiocarbonyl (C=S) groups is 1. The van der Waals surface area contributed by atoms with Crippen LogP contribution in [0.15, 0.2) is 23.6 Å². The fourth-order valence-electron chi connectivity index (χ4n) is 1.94. The van der Waals surface area contributed by atoms with E-state index in [4.69, 9.17) is 17.0 Å². The van der Waals surface area contributed by atoms with E-state index in [2.05, 4.69) is 15.6 Å². The molecule has 0 aliphatic rings. The van der Waals surface area contributed by atoms with E-state index < -0.39 is 5.82 Å². The summed E-state index contributed by atoms with van der Waals surface area (Å²) in [5, 5.41) is 7.99. The van der Waals surface area contributed by atoms with Gasteiger partial charge in [0.15, 0.2) is 21.8 Å². The number of benzene rings is 1. The highest BCUT2D eigenvalue weighted by Crippen LogP contribution is 2.28. The molecule has 2 N–H and O–H groups in total. The smallest absolute Gasteiger partial charge is 0.226 e. The molecule has 0 saturated carbocycles. The number of unbranched alkanes of at least 4 members (excludes halogenated alkanes) is 1. The molecule has 128 valence electrons. The number of amides is 1. The summed E-state index contributed by atoms with van der Waals surface area (Å²) in [5.41, 5.74) is 1.25. The van der Waals surface area contributed by atoms with Crippen molar-refractivity contribution >= 4 is 39.7 Å². The van der Waals surface area contributed by atoms with Crippen LogP contribution in [-0.4, -0.2) is 23.1 Å². The average molecular weight is 367 g/mol. The molecule has 2 aromatic rings. The zero-order valence-corrected chi connectivity index (χ0v) is 15.0. The van der Waals surface area contributed by atoms with Crippen molar-refractivity contribution in [1.29, 1.82) is 0 Å². The third kappa shape index (κ3) is 4.97. The molecule has 1 amide bonds. The molecule has 0 fully saturated rings. The summed E-state index contributed by atoms with van der Waals surface area (Å²) in [7, 11) is 1.42. The second kappa shape index (κ2) is 8.70. The predicted molar refractivity (Wildman–Crippen MR) is 97.9 cm³/mol. The van der Waals surface area contributed by atoms with Gasteiger partial charge in [-0.25, -0.2) is 9.37 Å². The maximum Gasteiger partial charge on any atom is 0.226 e. The van der Waals surface area contributed by atoms with Gasteiger partial charge in [0.1, 0.15) is 0 Å². The summed E-state index contributed by atoms with van der Waals surface area (Å²) in [4.78, 5) is 16.0. The minimum absolute atomic E-state index is 0.122. The first-order valence-corrected chi connectivity index (χ1v) is 8.72. The van der Waals surface area contributed by atoms with Gasteiger partial charge in [-0.3, -0.25) is 4.79 Å². The number of nitrogens with zero attached hydrogens (tertiary/aromatic N) is 1. The number of nitrogens with one attached hydrogen (secondary N) is 2. The maximum absolute atomic E-state index is 13.8. The molecule has 0 bridgehead atoms. The van der Waals surface area contributed by atoms with Gasteiger partial charge in [0.2, 0.25) is 5.91 Å². The molecule has 1 aromatic heterocycles. The van der Waals surface area contributed by atoms with Crippen molar-refractivity contribution in [2.45, 2.75) is 26.2 Å². The molecule has 0 unspecified atom stereocenters. The van der Waals surface area contributed by atoms with Crippen LogP contribution in [0.4, 0.5) is 9.52 Å². The van der Waals surface area contributed by atoms with Gasteiger partial charge in [0, 0.05) is 17.4 Å². The Kier molecular flexibility index (Phi) is 6.62. The Morgan fingerprint density at radius 2 is 2.25 bits per heavy atom. The summed E-state index contributed by atoms with van der Waals surface area (Å²) < 4.78 is 18.7. The van der Waals surface area contributed by atoms with Gasteiger partial charge in [-0.1, -0.05) is 13.3 Å². The van der Waals surface area contributed by atoms with E-state index in [1.165, 1.54) is 24.5 Å². The van der Waals surface area contributed by atoms with Gasteiger partial charge in [0.05, 0.1) is 12.8 Å². The van der Waals surface area contributed by atoms with Gasteiger partial charge in [-0.2, -0.15) is 0 Å². The molecule has 0 radical (unpaired) electrons. The van der Waals surface area contributed by atoms with Crippen LogP contribution in [0.1, 0.15) is 26.2 Å². The fourth-order valence-corrected chi connectivity index (χ4v) is 2.94. The van der Waals surface area contributed by atoms with Crippen LogP contribution in [0.3, 0.4) is 0 Å². The number of rotatable bonds is 6. The van der Waals surface area contributed by atoms with Crippen molar-refractivity contribution in [3.05, 3.63) is 29.4 Å². The van der Waals surface area contributed by atoms with E-state index in [1.54, 1.807) is 17.5 Å². The molecule has 1 aromatic carbocycles. The normalized spacial score (nSPS) is 10.3. The number of ether oxygens (including phenoxy) is 1. The zero-order chi connectivity index (χ0) is 17.5. The highest BCUT2D eigenvalue weighted by molar-refractivity contribution is 7.80. The summed E-state index contributed by atoms with van der Waals surface area (Å²) in [5.74, 6) is -0.386. The molecular formula is C16H18FN3O2S2. The Labute approximate surface area is 149 Å². The van der Waals surface area contributed by atoms with Gasteiger partial charge in [-0.05, 0) is 36.8 Å². The Balaban J connectivity index is 1.99. The summed E-state index contributed by atoms with van der Waals surface area (Å²) >= 11 is 6.41. The van der Waals surface area contributed by atoms with E-state index in [1.807, 2.05) is 6.92 Å². The first kappa shape index (κ1) is 18.3. The summed E-state index contributed by atoms with van der Waals surface area (Å²) in [6.45, 7) is 2.02. The van der Waals surface area contributed by atoms with Crippen LogP contribution in [0.2, 0.25) is 0 Å². The van der Waals surface area contributed by atoms with Crippen molar-refractivity contribution in [1.82, 2.24) is 10.3 Å². The SMILES string of the molecule is CCCCC(=O)NC(=S)Nc1nc(-c2ccc(OC)c(F)c2)cs1. The Bertz CT molecular complexity index is 734. The molecule has 0 aliphatic carbocycles. The lowest BCUT2D eigenvalue weighted by Gasteiger charge is -2.06. The highest BCUT2D eigenvalue weighted by atomic mass is 32.1. The van der Waals surface area contributed by atoms with Gasteiger partial charge in [0.25, 0.3) is 0 Å². The summed E-state index contributed by atoms with van der Waals surface area (Å²) in [6, 6.07) is 4.64. The highest BCUT2D eigenvalue weighted by Gasteiger charge is 2.10. The second-order valence-electron chi connectivity index (χ2n) is 4.99. The number of halogens is 1. The van der Waals surface area contributed by atoms with E-state index in [9.17, 15) is 9.18 Å². The Morgan fingerprint density at radius 1 is 1.46 bits per heavy atom. The third-order valence-electron chi connectivity index (χ3n) is 3.18. The lowest BCUT2D eigenvalue weighted by Crippen LogP contribution is -2.33. The lowest BCUT2D eigenvalue weighted by atomic mass is 10.1. The standard InChI is InChI=1S/C16H18FN3O2S2/c1-3-4-5-14(21)19-15(23)20-16-18-12(9-24-16)10-6-7-13(22-2)11(17)8-10/h6-9H,3-5H2,1-2H3,(H2,18,19,20,21,23). The van der Waals surface area contributed by atoms with Crippen molar-refractivity contribution in [2.75, 3.05) is 12.4 Å². The van der Waals surface area contributed by atoms with Gasteiger partial charge in [-0.15, -0.1) is 11.3 Å². The van der Waals surface area contributed by atoms with E-state index in [0.29, 0.717) is 22.8 Å². The van der Waals surface area contributed by atoms with Gasteiger partial charge >= 0.3 is 0 Å². The number of carbonyl (C=O) groups excluding carboxylic acids is 1. The minimum atomic E-state index is -0.448. The third-order valence-corrected chi connectivity index (χ3v) is 4.14. The molecule has 1 heterocycles. The quantitative estimate of drug-likeness (QED) is 0.757. The van der Waals surface area contributed by atoms with E-state index in [0.717, 1.165) is 12.8 Å². The van der Waals surface area contributed by atoms with Gasteiger partial charge < -0.3 is 15.4 Å². The second-order valence-corrected chi connectivity index (χ2v) is 6.26. The topological polar surface area (TPSA) is 63.2 Å². The number of anilines is 1. The molecule has 24 heavy (non-hydrogen) atoms. The van der Waals surface area contributed by atoms with E-state index >= 15 is 0 Å². The van der Waals surface area contributed by atoms with Crippen LogP contribution in [0, 0.1) is 5.82 Å². The van der Waals surface area contributed by atoms with Crippen molar-refractivity contribution < 1.29 is 13.9 Å². The number of hydrogen-bond donors (Lipinski definition) is 2. The zero-order valence-electron chi connectivity index (χ0n) is 13.4. The molecule has 0 aliphatic heterocycles. The fraction of sp³-hybridized carbons (Fsp3) is 0.312. The largest absolute Gasteiger partial charge is 0.494 e. The summed E-state index contributed by atoms with van der Waals surface area (Å²) in [6.07, 6.45) is 2.20. The number of methoxy groups -OCH3 is 1. The molecule has 2 rings (SSSR count). The number of aromatic nitrogens is 1. The molecule has 0 saturated heterocycles. The first-order chi connectivity index (χ1) is 11.5. The van der Waals surface area contributed by atoms with Crippen molar-refractivity contribution in [2.24, 2.45) is 0 Å². The van der Waals surface area contributed by atoms with Crippen molar-refractivity contribution in [3.8, 4) is 17.0 Å². The molecule has 5 nitrogen and oxygen atoms in total. The monoisotopic (exact) mass is 367 g/mol. The van der Waals surface area contributed by atoms with Crippen LogP contribution in [0.25, 0.3) is 11.3 Å². The maximum atomic E-state index is 13.8. The minimum Gasteiger partial charge on any atom is -0.494 e. The van der Waals surface area contributed by atoms with Crippen LogP contribution < -0.4 is 15.4 Å². The molecule has 0 spiro atoms. The number of hydrogen-bond acceptors (Lipinski definition) is 5. The molecule has 0 atom stereocenters. The van der Waals surface area contributed by atoms with E-state index in [-0.39, 0.29) is 16.8 Å². The number of thiazole rings is 1. The van der Waals surface area contributed by atoms with Crippen LogP contribution in [0.5, 0.6) is 5.75 Å². The lowest BCUT2D eigenvalue weighted by molar-refractivity contribution is -0.119. The Hall–Kier alpha value is -2.06. The van der Waals surface area contributed by atoms with Crippen molar-refractivity contribution in [3.63, 3.8) is 0 Å². The average Bonchev–Trinajstić information content (AvgIpc) is 3.01. The Morgan fingerprint density at radius 3 is 2.92 bits per heavy atom. The number of carbonyl (C=O) groups is 1. The molecule has 8 heteroatoms.